The van der Waals surface area contributed by atoms with Crippen molar-refractivity contribution in [3.8, 4) is 6.07 Å². The highest BCUT2D eigenvalue weighted by Gasteiger charge is 2.57. The van der Waals surface area contributed by atoms with Crippen molar-refractivity contribution in [2.24, 2.45) is 5.92 Å². The number of carbonyl (C=O) groups is 1. The molecular weight excluding hydrogens is 370 g/mol. The summed E-state index contributed by atoms with van der Waals surface area (Å²) in [6, 6.07) is 4.99. The molecule has 0 bridgehead atoms. The van der Waals surface area contributed by atoms with E-state index in [-0.39, 0.29) is 24.7 Å². The second kappa shape index (κ2) is 6.90. The van der Waals surface area contributed by atoms with Crippen molar-refractivity contribution < 1.29 is 29.2 Å². The van der Waals surface area contributed by atoms with Gasteiger partial charge in [0, 0.05) is 0 Å². The van der Waals surface area contributed by atoms with Crippen LogP contribution >= 0.6 is 0 Å². The zero-order valence-corrected chi connectivity index (χ0v) is 14.8. The molecule has 4 rings (SSSR count). The predicted molar refractivity (Wildman–Crippen MR) is 91.6 cm³/mol. The molecule has 0 amide bonds. The summed E-state index contributed by atoms with van der Waals surface area (Å²) >= 11 is 0. The molecular formula is C17H19N5O6. The van der Waals surface area contributed by atoms with Crippen LogP contribution in [-0.2, 0) is 19.8 Å². The number of rotatable bonds is 5. The van der Waals surface area contributed by atoms with Crippen molar-refractivity contribution in [1.82, 2.24) is 14.6 Å². The largest absolute Gasteiger partial charge is 0.508 e. The summed E-state index contributed by atoms with van der Waals surface area (Å²) in [6.07, 6.45) is -1.86. The first-order valence-corrected chi connectivity index (χ1v) is 8.79. The number of nitrogen functional groups attached to an aromatic ring is 1. The first-order chi connectivity index (χ1) is 13.5. The smallest absolute Gasteiger partial charge is 0.434 e. The van der Waals surface area contributed by atoms with Gasteiger partial charge in [0.1, 0.15) is 42.8 Å². The summed E-state index contributed by atoms with van der Waals surface area (Å²) in [6.45, 7) is -0.0967. The number of anilines is 1. The lowest BCUT2D eigenvalue weighted by molar-refractivity contribution is -0.0722. The van der Waals surface area contributed by atoms with Gasteiger partial charge in [-0.2, -0.15) is 10.4 Å². The summed E-state index contributed by atoms with van der Waals surface area (Å²) < 4.78 is 16.9. The highest BCUT2D eigenvalue weighted by molar-refractivity contribution is 5.66. The maximum absolute atomic E-state index is 11.6. The van der Waals surface area contributed by atoms with Gasteiger partial charge in [0.25, 0.3) is 0 Å². The molecule has 0 spiro atoms. The Morgan fingerprint density at radius 3 is 2.86 bits per heavy atom. The third kappa shape index (κ3) is 3.01. The molecule has 1 saturated carbocycles. The van der Waals surface area contributed by atoms with E-state index in [0.29, 0.717) is 11.4 Å². The normalized spacial score (nSPS) is 29.5. The first kappa shape index (κ1) is 18.4. The van der Waals surface area contributed by atoms with Crippen LogP contribution in [0.2, 0.25) is 0 Å². The zero-order chi connectivity index (χ0) is 19.9. The molecule has 1 saturated heterocycles. The molecule has 11 heteroatoms. The summed E-state index contributed by atoms with van der Waals surface area (Å²) in [5.41, 5.74) is 4.45. The second-order valence-electron chi connectivity index (χ2n) is 6.92. The van der Waals surface area contributed by atoms with Gasteiger partial charge in [-0.3, -0.25) is 0 Å². The maximum atomic E-state index is 11.6. The van der Waals surface area contributed by atoms with E-state index in [1.165, 1.54) is 16.9 Å². The lowest BCUT2D eigenvalue weighted by Crippen LogP contribution is -2.41. The Kier molecular flexibility index (Phi) is 4.54. The number of aromatic nitrogens is 3. The standard InChI is InChI=1S/C17H19N5O6/c18-7-17(12-4-3-10-15(19)20-8-21-22(10)12)14(24)13(23)11(28-17)6-27-16(25)26-5-9-1-2-9/h3-4,8-9,11,13-14,23-24H,1-2,5-6H2,(H2,19,20,21)/t11-,13-,14-,17+/m1/s1. The van der Waals surface area contributed by atoms with Crippen LogP contribution in [-0.4, -0.2) is 62.5 Å². The fourth-order valence-corrected chi connectivity index (χ4v) is 3.21. The molecule has 11 nitrogen and oxygen atoms in total. The van der Waals surface area contributed by atoms with E-state index in [0.717, 1.165) is 12.8 Å². The molecule has 2 aromatic heterocycles. The molecule has 0 unspecified atom stereocenters. The number of nitrogens with two attached hydrogens (primary N) is 1. The van der Waals surface area contributed by atoms with Gasteiger partial charge >= 0.3 is 6.16 Å². The average molecular weight is 389 g/mol. The highest BCUT2D eigenvalue weighted by Crippen LogP contribution is 2.40. The van der Waals surface area contributed by atoms with E-state index < -0.39 is 30.1 Å². The summed E-state index contributed by atoms with van der Waals surface area (Å²) in [4.78, 5) is 15.5. The number of nitrogens with zero attached hydrogens (tertiary/aromatic N) is 4. The van der Waals surface area contributed by atoms with Crippen LogP contribution in [0.25, 0.3) is 5.52 Å². The number of aliphatic hydroxyl groups is 2. The Hall–Kier alpha value is -2.94. The number of nitriles is 1. The molecule has 0 radical (unpaired) electrons. The van der Waals surface area contributed by atoms with Gasteiger partial charge in [0.15, 0.2) is 5.82 Å². The molecule has 3 heterocycles. The molecule has 2 aromatic rings. The molecule has 4 N–H and O–H groups in total. The van der Waals surface area contributed by atoms with Crippen LogP contribution < -0.4 is 5.73 Å². The Labute approximate surface area is 159 Å². The first-order valence-electron chi connectivity index (χ1n) is 8.79. The monoisotopic (exact) mass is 389 g/mol. The number of fused-ring (bicyclic) bond motifs is 1. The predicted octanol–water partition coefficient (Wildman–Crippen LogP) is -0.286. The van der Waals surface area contributed by atoms with Crippen LogP contribution in [0.4, 0.5) is 10.6 Å². The summed E-state index contributed by atoms with van der Waals surface area (Å²) in [7, 11) is 0. The third-order valence-electron chi connectivity index (χ3n) is 4.99. The fourth-order valence-electron chi connectivity index (χ4n) is 3.21. The van der Waals surface area contributed by atoms with Crippen molar-refractivity contribution in [1.29, 1.82) is 5.26 Å². The lowest BCUT2D eigenvalue weighted by Gasteiger charge is -2.24. The number of hydrogen-bond acceptors (Lipinski definition) is 10. The van der Waals surface area contributed by atoms with E-state index in [4.69, 9.17) is 19.9 Å². The van der Waals surface area contributed by atoms with Crippen molar-refractivity contribution in [2.45, 2.75) is 36.8 Å². The van der Waals surface area contributed by atoms with Gasteiger partial charge < -0.3 is 30.2 Å². The Morgan fingerprint density at radius 2 is 2.14 bits per heavy atom. The van der Waals surface area contributed by atoms with E-state index in [9.17, 15) is 20.3 Å². The average Bonchev–Trinajstić information content (AvgIpc) is 3.37. The third-order valence-corrected chi connectivity index (χ3v) is 4.99. The van der Waals surface area contributed by atoms with Gasteiger partial charge in [-0.25, -0.2) is 14.3 Å². The Balaban J connectivity index is 1.53. The number of ether oxygens (including phenoxy) is 3. The van der Waals surface area contributed by atoms with Gasteiger partial charge in [-0.15, -0.1) is 0 Å². The van der Waals surface area contributed by atoms with Crippen LogP contribution in [0.3, 0.4) is 0 Å². The topological polar surface area (TPSA) is 165 Å². The van der Waals surface area contributed by atoms with E-state index >= 15 is 0 Å². The second-order valence-corrected chi connectivity index (χ2v) is 6.92. The number of hydrogen-bond donors (Lipinski definition) is 3. The molecule has 2 fully saturated rings. The van der Waals surface area contributed by atoms with E-state index in [1.54, 1.807) is 6.07 Å². The van der Waals surface area contributed by atoms with Crippen LogP contribution in [0.5, 0.6) is 0 Å². The minimum atomic E-state index is -1.93. The van der Waals surface area contributed by atoms with Crippen LogP contribution in [0.1, 0.15) is 18.5 Å². The Morgan fingerprint density at radius 1 is 1.39 bits per heavy atom. The summed E-state index contributed by atoms with van der Waals surface area (Å²) in [5.74, 6) is 0.562. The fraction of sp³-hybridized carbons (Fsp3) is 0.529. The van der Waals surface area contributed by atoms with Gasteiger partial charge in [-0.05, 0) is 30.9 Å². The molecule has 0 aromatic carbocycles. The molecule has 1 aliphatic heterocycles. The van der Waals surface area contributed by atoms with Crippen LogP contribution in [0.15, 0.2) is 18.5 Å². The SMILES string of the molecule is N#C[C@@]1(c2ccc3c(N)ncnn23)O[C@H](COC(=O)OCC2CC2)[C@@H](O)[C@H]1O. The van der Waals surface area contributed by atoms with Crippen molar-refractivity contribution in [3.63, 3.8) is 0 Å². The van der Waals surface area contributed by atoms with Crippen molar-refractivity contribution in [3.05, 3.63) is 24.2 Å². The number of carbonyl (C=O) groups excluding carboxylic acids is 1. The highest BCUT2D eigenvalue weighted by atomic mass is 16.7. The molecule has 4 atom stereocenters. The maximum Gasteiger partial charge on any atom is 0.508 e. The number of aliphatic hydroxyl groups excluding tert-OH is 2. The van der Waals surface area contributed by atoms with E-state index in [1.807, 2.05) is 6.07 Å². The van der Waals surface area contributed by atoms with Crippen molar-refractivity contribution >= 4 is 17.5 Å². The summed E-state index contributed by atoms with van der Waals surface area (Å²) in [5, 5.41) is 34.8. The minimum Gasteiger partial charge on any atom is -0.434 e. The van der Waals surface area contributed by atoms with Gasteiger partial charge in [-0.1, -0.05) is 0 Å². The Bertz CT molecular complexity index is 938. The minimum absolute atomic E-state index is 0.171. The van der Waals surface area contributed by atoms with E-state index in [2.05, 4.69) is 10.1 Å². The molecule has 1 aliphatic carbocycles. The molecule has 2 aliphatic rings. The van der Waals surface area contributed by atoms with Gasteiger partial charge in [0.05, 0.1) is 12.3 Å². The lowest BCUT2D eigenvalue weighted by atomic mass is 9.92. The quantitative estimate of drug-likeness (QED) is 0.579. The van der Waals surface area contributed by atoms with Crippen molar-refractivity contribution in [2.75, 3.05) is 18.9 Å². The van der Waals surface area contributed by atoms with Gasteiger partial charge in [0.2, 0.25) is 5.60 Å². The molecule has 28 heavy (non-hydrogen) atoms. The van der Waals surface area contributed by atoms with Crippen LogP contribution in [0, 0.1) is 17.2 Å². The molecule has 148 valence electrons. The zero-order valence-electron chi connectivity index (χ0n) is 14.8.